The monoisotopic (exact) mass is 287 g/mol. The van der Waals surface area contributed by atoms with Crippen LogP contribution in [0.2, 0.25) is 5.02 Å². The van der Waals surface area contributed by atoms with Gasteiger partial charge in [-0.15, -0.1) is 0 Å². The van der Waals surface area contributed by atoms with Gasteiger partial charge in [-0.1, -0.05) is 48.9 Å². The van der Waals surface area contributed by atoms with E-state index < -0.39 is 0 Å². The summed E-state index contributed by atoms with van der Waals surface area (Å²) in [6.07, 6.45) is 2.04. The average molecular weight is 288 g/mol. The van der Waals surface area contributed by atoms with E-state index in [0.29, 0.717) is 17.9 Å². The van der Waals surface area contributed by atoms with Crippen LogP contribution in [0.25, 0.3) is 0 Å². The fourth-order valence-corrected chi connectivity index (χ4v) is 2.27. The third-order valence-electron chi connectivity index (χ3n) is 3.20. The SMILES string of the molecule is CCc1cccc(NC(=O)CCc2ccccc2Cl)c1. The Hall–Kier alpha value is -1.80. The van der Waals surface area contributed by atoms with Crippen LogP contribution in [0.1, 0.15) is 24.5 Å². The summed E-state index contributed by atoms with van der Waals surface area (Å²) in [5, 5.41) is 3.64. The van der Waals surface area contributed by atoms with Crippen LogP contribution in [-0.4, -0.2) is 5.91 Å². The lowest BCUT2D eigenvalue weighted by Gasteiger charge is -2.07. The van der Waals surface area contributed by atoms with Crippen molar-refractivity contribution < 1.29 is 4.79 Å². The number of halogens is 1. The molecular weight excluding hydrogens is 270 g/mol. The Kier molecular flexibility index (Phi) is 5.19. The summed E-state index contributed by atoms with van der Waals surface area (Å²) < 4.78 is 0. The second kappa shape index (κ2) is 7.11. The summed E-state index contributed by atoms with van der Waals surface area (Å²) in [6, 6.07) is 15.6. The van der Waals surface area contributed by atoms with Crippen LogP contribution in [0.4, 0.5) is 5.69 Å². The molecule has 2 nitrogen and oxygen atoms in total. The zero-order chi connectivity index (χ0) is 14.4. The number of benzene rings is 2. The molecule has 20 heavy (non-hydrogen) atoms. The molecular formula is C17H18ClNO. The standard InChI is InChI=1S/C17H18ClNO/c1-2-13-6-5-8-15(12-13)19-17(20)11-10-14-7-3-4-9-16(14)18/h3-9,12H,2,10-11H2,1H3,(H,19,20). The zero-order valence-electron chi connectivity index (χ0n) is 11.5. The number of anilines is 1. The van der Waals surface area contributed by atoms with Crippen molar-refractivity contribution in [2.45, 2.75) is 26.2 Å². The molecule has 3 heteroatoms. The van der Waals surface area contributed by atoms with E-state index >= 15 is 0 Å². The largest absolute Gasteiger partial charge is 0.326 e. The predicted octanol–water partition coefficient (Wildman–Crippen LogP) is 4.47. The molecule has 2 aromatic carbocycles. The average Bonchev–Trinajstić information content (AvgIpc) is 2.46. The van der Waals surface area contributed by atoms with Gasteiger partial charge in [0.05, 0.1) is 0 Å². The Morgan fingerprint density at radius 3 is 2.70 bits per heavy atom. The van der Waals surface area contributed by atoms with Gasteiger partial charge in [0.1, 0.15) is 0 Å². The van der Waals surface area contributed by atoms with Crippen molar-refractivity contribution in [3.05, 3.63) is 64.7 Å². The first-order valence-corrected chi connectivity index (χ1v) is 7.19. The fourth-order valence-electron chi connectivity index (χ4n) is 2.04. The van der Waals surface area contributed by atoms with Gasteiger partial charge in [0.15, 0.2) is 0 Å². The number of rotatable bonds is 5. The smallest absolute Gasteiger partial charge is 0.224 e. The maximum atomic E-state index is 11.9. The Bertz CT molecular complexity index is 595. The summed E-state index contributed by atoms with van der Waals surface area (Å²) in [7, 11) is 0. The Labute approximate surface area is 124 Å². The predicted molar refractivity (Wildman–Crippen MR) is 84.2 cm³/mol. The maximum absolute atomic E-state index is 11.9. The Balaban J connectivity index is 1.91. The third-order valence-corrected chi connectivity index (χ3v) is 3.57. The van der Waals surface area contributed by atoms with E-state index in [1.165, 1.54) is 5.56 Å². The topological polar surface area (TPSA) is 29.1 Å². The van der Waals surface area contributed by atoms with Crippen molar-refractivity contribution in [1.82, 2.24) is 0 Å². The minimum absolute atomic E-state index is 0.0122. The van der Waals surface area contributed by atoms with E-state index in [4.69, 9.17) is 11.6 Å². The highest BCUT2D eigenvalue weighted by Gasteiger charge is 2.05. The molecule has 0 bridgehead atoms. The van der Waals surface area contributed by atoms with Gasteiger partial charge in [0, 0.05) is 17.1 Å². The van der Waals surface area contributed by atoms with Crippen molar-refractivity contribution in [3.63, 3.8) is 0 Å². The van der Waals surface area contributed by atoms with Crippen LogP contribution >= 0.6 is 11.6 Å². The lowest BCUT2D eigenvalue weighted by Crippen LogP contribution is -2.12. The summed E-state index contributed by atoms with van der Waals surface area (Å²) in [4.78, 5) is 11.9. The number of carbonyl (C=O) groups is 1. The van der Waals surface area contributed by atoms with Gasteiger partial charge >= 0.3 is 0 Å². The number of aryl methyl sites for hydroxylation is 2. The van der Waals surface area contributed by atoms with Gasteiger partial charge in [-0.2, -0.15) is 0 Å². The lowest BCUT2D eigenvalue weighted by atomic mass is 10.1. The molecule has 104 valence electrons. The van der Waals surface area contributed by atoms with Gasteiger partial charge in [-0.3, -0.25) is 4.79 Å². The van der Waals surface area contributed by atoms with Gasteiger partial charge < -0.3 is 5.32 Å². The van der Waals surface area contributed by atoms with Crippen LogP contribution in [0.3, 0.4) is 0 Å². The second-order valence-electron chi connectivity index (χ2n) is 4.69. The van der Waals surface area contributed by atoms with Crippen LogP contribution < -0.4 is 5.32 Å². The summed E-state index contributed by atoms with van der Waals surface area (Å²) in [5.74, 6) is 0.0122. The first-order valence-electron chi connectivity index (χ1n) is 6.81. The number of nitrogens with one attached hydrogen (secondary N) is 1. The molecule has 0 saturated carbocycles. The van der Waals surface area contributed by atoms with Crippen molar-refractivity contribution >= 4 is 23.2 Å². The summed E-state index contributed by atoms with van der Waals surface area (Å²) >= 11 is 6.08. The van der Waals surface area contributed by atoms with E-state index in [0.717, 1.165) is 17.7 Å². The summed E-state index contributed by atoms with van der Waals surface area (Å²) in [5.41, 5.74) is 3.08. The molecule has 0 aliphatic carbocycles. The highest BCUT2D eigenvalue weighted by Crippen LogP contribution is 2.17. The first-order chi connectivity index (χ1) is 9.69. The molecule has 0 unspecified atom stereocenters. The number of amides is 1. The molecule has 1 N–H and O–H groups in total. The van der Waals surface area contributed by atoms with Crippen LogP contribution in [0, 0.1) is 0 Å². The van der Waals surface area contributed by atoms with Crippen molar-refractivity contribution in [2.75, 3.05) is 5.32 Å². The molecule has 0 aromatic heterocycles. The van der Waals surface area contributed by atoms with Crippen molar-refractivity contribution in [3.8, 4) is 0 Å². The highest BCUT2D eigenvalue weighted by atomic mass is 35.5. The van der Waals surface area contributed by atoms with Crippen molar-refractivity contribution in [1.29, 1.82) is 0 Å². The fraction of sp³-hybridized carbons (Fsp3) is 0.235. The molecule has 2 aromatic rings. The van der Waals surface area contributed by atoms with E-state index in [1.807, 2.05) is 42.5 Å². The van der Waals surface area contributed by atoms with Crippen LogP contribution in [0.15, 0.2) is 48.5 Å². The molecule has 0 spiro atoms. The molecule has 0 heterocycles. The first kappa shape index (κ1) is 14.6. The third kappa shape index (κ3) is 4.10. The number of carbonyl (C=O) groups excluding carboxylic acids is 1. The van der Waals surface area contributed by atoms with Gasteiger partial charge in [0.25, 0.3) is 0 Å². The molecule has 1 amide bonds. The van der Waals surface area contributed by atoms with E-state index in [2.05, 4.69) is 18.3 Å². The minimum Gasteiger partial charge on any atom is -0.326 e. The quantitative estimate of drug-likeness (QED) is 0.863. The number of hydrogen-bond donors (Lipinski definition) is 1. The normalized spacial score (nSPS) is 10.3. The van der Waals surface area contributed by atoms with Gasteiger partial charge in [-0.05, 0) is 42.2 Å². The maximum Gasteiger partial charge on any atom is 0.224 e. The highest BCUT2D eigenvalue weighted by molar-refractivity contribution is 6.31. The van der Waals surface area contributed by atoms with E-state index in [1.54, 1.807) is 0 Å². The van der Waals surface area contributed by atoms with Crippen molar-refractivity contribution in [2.24, 2.45) is 0 Å². The van der Waals surface area contributed by atoms with Crippen LogP contribution in [0.5, 0.6) is 0 Å². The summed E-state index contributed by atoms with van der Waals surface area (Å²) in [6.45, 7) is 2.10. The molecule has 2 rings (SSSR count). The zero-order valence-corrected chi connectivity index (χ0v) is 12.3. The van der Waals surface area contributed by atoms with E-state index in [9.17, 15) is 4.79 Å². The molecule has 0 aliphatic rings. The minimum atomic E-state index is 0.0122. The molecule has 0 atom stereocenters. The van der Waals surface area contributed by atoms with Crippen LogP contribution in [-0.2, 0) is 17.6 Å². The molecule has 0 aliphatic heterocycles. The van der Waals surface area contributed by atoms with Gasteiger partial charge in [0.2, 0.25) is 5.91 Å². The lowest BCUT2D eigenvalue weighted by molar-refractivity contribution is -0.116. The molecule has 0 fully saturated rings. The number of hydrogen-bond acceptors (Lipinski definition) is 1. The second-order valence-corrected chi connectivity index (χ2v) is 5.10. The Morgan fingerprint density at radius 2 is 1.95 bits per heavy atom. The van der Waals surface area contributed by atoms with E-state index in [-0.39, 0.29) is 5.91 Å². The molecule has 0 radical (unpaired) electrons. The molecule has 0 saturated heterocycles. The Morgan fingerprint density at radius 1 is 1.15 bits per heavy atom. The van der Waals surface area contributed by atoms with Gasteiger partial charge in [-0.25, -0.2) is 0 Å².